The van der Waals surface area contributed by atoms with E-state index in [9.17, 15) is 14.4 Å². The van der Waals surface area contributed by atoms with Gasteiger partial charge in [-0.1, -0.05) is 31.2 Å². The fraction of sp³-hybridized carbons (Fsp3) is 0.453. The number of H-pyrrole nitrogens is 1. The minimum Gasteiger partial charge on any atom is -0.377 e. The zero-order valence-corrected chi connectivity index (χ0v) is 39.0. The number of nitrogens with one attached hydrogen (secondary N) is 3. The Balaban J connectivity index is 0.665. The number of rotatable bonds is 12. The van der Waals surface area contributed by atoms with E-state index in [0.717, 1.165) is 130 Å². The molecule has 67 heavy (non-hydrogen) atoms. The van der Waals surface area contributed by atoms with Crippen LogP contribution in [0.5, 0.6) is 0 Å². The van der Waals surface area contributed by atoms with E-state index in [1.165, 1.54) is 28.3 Å². The van der Waals surface area contributed by atoms with Crippen LogP contribution in [0.1, 0.15) is 95.9 Å². The highest BCUT2D eigenvalue weighted by Gasteiger charge is 2.31. The van der Waals surface area contributed by atoms with Gasteiger partial charge in [0.2, 0.25) is 11.8 Å². The number of aromatic nitrogens is 3. The van der Waals surface area contributed by atoms with Crippen molar-refractivity contribution in [3.05, 3.63) is 112 Å². The molecule has 14 heteroatoms. The number of anilines is 2. The fourth-order valence-electron chi connectivity index (χ4n) is 11.2. The van der Waals surface area contributed by atoms with Crippen LogP contribution in [-0.2, 0) is 20.9 Å². The Labute approximate surface area is 392 Å². The number of nitrogens with zero attached hydrogens (tertiary/aromatic N) is 6. The van der Waals surface area contributed by atoms with Gasteiger partial charge in [-0.05, 0) is 134 Å². The smallest absolute Gasteiger partial charge is 0.253 e. The molecule has 4 saturated heterocycles. The molecule has 0 bridgehead atoms. The lowest BCUT2D eigenvalue weighted by atomic mass is 9.88. The number of piperazine rings is 1. The second-order valence-corrected chi connectivity index (χ2v) is 19.4. The predicted molar refractivity (Wildman–Crippen MR) is 259 cm³/mol. The number of carbonyl (C=O) groups excluding carboxylic acids is 3. The van der Waals surface area contributed by atoms with E-state index in [4.69, 9.17) is 9.72 Å². The zero-order chi connectivity index (χ0) is 46.2. The third kappa shape index (κ3) is 9.61. The number of benzene rings is 3. The number of fused-ring (bicyclic) bond motifs is 2. The number of methoxy groups -OCH3 is 1. The van der Waals surface area contributed by atoms with Gasteiger partial charge in [-0.2, -0.15) is 0 Å². The quantitative estimate of drug-likeness (QED) is 0.108. The van der Waals surface area contributed by atoms with Gasteiger partial charge in [-0.3, -0.25) is 34.5 Å². The molecule has 4 aliphatic heterocycles. The number of piperidine rings is 3. The molecule has 1 aliphatic carbocycles. The summed E-state index contributed by atoms with van der Waals surface area (Å²) in [4.78, 5) is 59.5. The van der Waals surface area contributed by atoms with Gasteiger partial charge in [0.25, 0.3) is 5.91 Å². The number of pyridine rings is 1. The van der Waals surface area contributed by atoms with Crippen LogP contribution in [-0.4, -0.2) is 126 Å². The third-order valence-corrected chi connectivity index (χ3v) is 15.0. The fourth-order valence-corrected chi connectivity index (χ4v) is 11.2. The molecule has 4 fully saturated rings. The molecule has 2 unspecified atom stereocenters. The SMILES string of the molecule is COCc1nc2ccc(-c3ccnc4c3C=C(CN3CCC(c5ccc(C(=O)N6CCC(CN7CCN(c8c(C)cc(NC9CCC(=O)NC9=O)cc8F)CC7)CC6)cc5)CC3)C4C)cc2[nH]1. The van der Waals surface area contributed by atoms with Crippen molar-refractivity contribution in [2.24, 2.45) is 5.92 Å². The third-order valence-electron chi connectivity index (χ3n) is 15.0. The van der Waals surface area contributed by atoms with E-state index >= 15 is 4.39 Å². The van der Waals surface area contributed by atoms with Crippen molar-refractivity contribution in [1.82, 2.24) is 35.0 Å². The van der Waals surface area contributed by atoms with Crippen LogP contribution >= 0.6 is 0 Å². The summed E-state index contributed by atoms with van der Waals surface area (Å²) in [7, 11) is 1.68. The number of imidazole rings is 1. The second-order valence-electron chi connectivity index (χ2n) is 19.4. The van der Waals surface area contributed by atoms with Crippen molar-refractivity contribution in [1.29, 1.82) is 0 Å². The Bertz CT molecular complexity index is 2650. The van der Waals surface area contributed by atoms with Gasteiger partial charge in [0.05, 0.1) is 22.4 Å². The molecule has 5 aliphatic rings. The first-order chi connectivity index (χ1) is 32.6. The monoisotopic (exact) mass is 907 g/mol. The Kier molecular flexibility index (Phi) is 12.9. The molecular formula is C53H62FN9O4. The summed E-state index contributed by atoms with van der Waals surface area (Å²) < 4.78 is 20.8. The number of likely N-dealkylation sites (tertiary alicyclic amines) is 2. The molecule has 5 aromatic rings. The van der Waals surface area contributed by atoms with E-state index in [2.05, 4.69) is 84.7 Å². The van der Waals surface area contributed by atoms with Gasteiger partial charge in [-0.15, -0.1) is 0 Å². The molecule has 13 nitrogen and oxygen atoms in total. The molecule has 2 aromatic heterocycles. The molecule has 0 saturated carbocycles. The highest BCUT2D eigenvalue weighted by atomic mass is 19.1. The average Bonchev–Trinajstić information content (AvgIpc) is 3.89. The number of hydrogen-bond acceptors (Lipinski definition) is 10. The number of halogens is 1. The number of imide groups is 1. The summed E-state index contributed by atoms with van der Waals surface area (Å²) in [5.41, 5.74) is 12.2. The van der Waals surface area contributed by atoms with Crippen molar-refractivity contribution >= 4 is 46.2 Å². The lowest BCUT2D eigenvalue weighted by Gasteiger charge is -2.40. The molecule has 6 heterocycles. The van der Waals surface area contributed by atoms with E-state index in [0.29, 0.717) is 36.2 Å². The van der Waals surface area contributed by atoms with Crippen LogP contribution in [0.4, 0.5) is 15.8 Å². The molecular weight excluding hydrogens is 846 g/mol. The number of hydrogen-bond donors (Lipinski definition) is 3. The van der Waals surface area contributed by atoms with Gasteiger partial charge in [0, 0.05) is 94.8 Å². The Hall–Kier alpha value is -5.96. The minimum absolute atomic E-state index is 0.125. The van der Waals surface area contributed by atoms with Crippen LogP contribution in [0.2, 0.25) is 0 Å². The van der Waals surface area contributed by atoms with E-state index in [1.807, 2.05) is 36.2 Å². The van der Waals surface area contributed by atoms with Gasteiger partial charge in [-0.25, -0.2) is 9.37 Å². The molecule has 350 valence electrons. The number of aryl methyl sites for hydroxylation is 1. The molecule has 0 radical (unpaired) electrons. The van der Waals surface area contributed by atoms with Crippen LogP contribution in [0.15, 0.2) is 72.4 Å². The van der Waals surface area contributed by atoms with Gasteiger partial charge in [0.15, 0.2) is 0 Å². The number of amides is 3. The summed E-state index contributed by atoms with van der Waals surface area (Å²) in [6, 6.07) is 19.8. The first-order valence-electron chi connectivity index (χ1n) is 24.2. The van der Waals surface area contributed by atoms with E-state index in [1.54, 1.807) is 7.11 Å². The number of carbonyl (C=O) groups is 3. The molecule has 3 amide bonds. The van der Waals surface area contributed by atoms with Crippen LogP contribution in [0.3, 0.4) is 0 Å². The van der Waals surface area contributed by atoms with Crippen LogP contribution in [0.25, 0.3) is 28.2 Å². The summed E-state index contributed by atoms with van der Waals surface area (Å²) >= 11 is 0. The Morgan fingerprint density at radius 1 is 0.896 bits per heavy atom. The van der Waals surface area contributed by atoms with Crippen molar-refractivity contribution in [2.45, 2.75) is 76.9 Å². The van der Waals surface area contributed by atoms with Crippen LogP contribution in [0, 0.1) is 18.7 Å². The standard InChI is InChI=1S/C53H62FN9O4/c1-33-26-41(56-46-10-11-49(64)59-52(46)65)29-44(54)51(33)62-24-22-61(23-25-62)30-35-13-20-63(21-14-35)53(66)38-6-4-36(5-7-38)37-15-18-60(19-16-37)31-40-27-43-42(12-17-55-50(43)34(40)2)39-8-9-45-47(28-39)58-48(57-45)32-67-3/h4-9,12,17,26-29,34-35,37,46,56H,10-11,13-16,18-25,30-32H2,1-3H3,(H,57,58)(H,59,64,65). The summed E-state index contributed by atoms with van der Waals surface area (Å²) in [5.74, 6) is 1.27. The van der Waals surface area contributed by atoms with E-state index < -0.39 is 6.04 Å². The normalized spacial score (nSPS) is 21.2. The average molecular weight is 908 g/mol. The maximum atomic E-state index is 15.5. The van der Waals surface area contributed by atoms with E-state index in [-0.39, 0.29) is 35.9 Å². The van der Waals surface area contributed by atoms with Crippen molar-refractivity contribution in [2.75, 3.05) is 82.8 Å². The topological polar surface area (TPSA) is 139 Å². The molecule has 10 rings (SSSR count). The Morgan fingerprint density at radius 2 is 1.67 bits per heavy atom. The predicted octanol–water partition coefficient (Wildman–Crippen LogP) is 7.49. The first kappa shape index (κ1) is 44.9. The van der Waals surface area contributed by atoms with Crippen molar-refractivity contribution in [3.63, 3.8) is 0 Å². The highest BCUT2D eigenvalue weighted by Crippen LogP contribution is 2.41. The molecule has 3 aromatic carbocycles. The maximum Gasteiger partial charge on any atom is 0.253 e. The number of ether oxygens (including phenoxy) is 1. The van der Waals surface area contributed by atoms with Crippen molar-refractivity contribution in [3.8, 4) is 11.1 Å². The first-order valence-corrected chi connectivity index (χ1v) is 24.2. The minimum atomic E-state index is -0.555. The second kappa shape index (κ2) is 19.3. The van der Waals surface area contributed by atoms with Gasteiger partial charge < -0.3 is 24.8 Å². The lowest BCUT2D eigenvalue weighted by molar-refractivity contribution is -0.133. The Morgan fingerprint density at radius 3 is 2.40 bits per heavy atom. The molecule has 3 N–H and O–H groups in total. The lowest BCUT2D eigenvalue weighted by Crippen LogP contribution is -2.49. The van der Waals surface area contributed by atoms with Gasteiger partial charge in [0.1, 0.15) is 24.3 Å². The molecule has 2 atom stereocenters. The maximum absolute atomic E-state index is 15.5. The van der Waals surface area contributed by atoms with Crippen molar-refractivity contribution < 1.29 is 23.5 Å². The largest absolute Gasteiger partial charge is 0.377 e. The van der Waals surface area contributed by atoms with Crippen LogP contribution < -0.4 is 15.5 Å². The van der Waals surface area contributed by atoms with Gasteiger partial charge >= 0.3 is 0 Å². The highest BCUT2D eigenvalue weighted by molar-refractivity contribution is 6.01. The summed E-state index contributed by atoms with van der Waals surface area (Å²) in [5, 5.41) is 5.46. The zero-order valence-electron chi connectivity index (χ0n) is 39.0. The number of aromatic amines is 1. The molecule has 0 spiro atoms. The summed E-state index contributed by atoms with van der Waals surface area (Å²) in [6.07, 6.45) is 9.13. The summed E-state index contributed by atoms with van der Waals surface area (Å²) in [6.45, 7) is 13.4.